The Labute approximate surface area is 184 Å². The van der Waals surface area contributed by atoms with Crippen molar-refractivity contribution in [1.82, 2.24) is 9.38 Å². The number of hydrogen-bond donors (Lipinski definition) is 1. The molecular weight excluding hydrogens is 408 g/mol. The van der Waals surface area contributed by atoms with Crippen LogP contribution >= 0.6 is 11.3 Å². The second-order valence-electron chi connectivity index (χ2n) is 7.96. The average molecular weight is 431 g/mol. The van der Waals surface area contributed by atoms with Gasteiger partial charge in [-0.15, -0.1) is 11.3 Å². The highest BCUT2D eigenvalue weighted by molar-refractivity contribution is 7.15. The van der Waals surface area contributed by atoms with Crippen LogP contribution in [0.15, 0.2) is 60.2 Å². The predicted molar refractivity (Wildman–Crippen MR) is 124 cm³/mol. The Kier molecular flexibility index (Phi) is 4.82. The number of nitrogens with zero attached hydrogens (tertiary/aromatic N) is 3. The minimum absolute atomic E-state index is 0.0153. The molecule has 0 bridgehead atoms. The van der Waals surface area contributed by atoms with Gasteiger partial charge in [-0.25, -0.2) is 4.98 Å². The van der Waals surface area contributed by atoms with Crippen LogP contribution in [0.1, 0.15) is 17.5 Å². The smallest absolute Gasteiger partial charge is 0.229 e. The molecule has 31 heavy (non-hydrogen) atoms. The van der Waals surface area contributed by atoms with Crippen molar-refractivity contribution in [3.8, 4) is 11.3 Å². The van der Waals surface area contributed by atoms with Crippen LogP contribution in [-0.2, 0) is 9.59 Å². The van der Waals surface area contributed by atoms with Gasteiger partial charge in [-0.05, 0) is 49.2 Å². The van der Waals surface area contributed by atoms with Gasteiger partial charge in [0.05, 0.1) is 11.6 Å². The van der Waals surface area contributed by atoms with Crippen LogP contribution in [0, 0.1) is 19.8 Å². The van der Waals surface area contributed by atoms with Crippen molar-refractivity contribution in [2.45, 2.75) is 20.3 Å². The highest BCUT2D eigenvalue weighted by Gasteiger charge is 2.35. The molecule has 0 saturated carbocycles. The molecule has 3 heterocycles. The van der Waals surface area contributed by atoms with E-state index in [4.69, 9.17) is 0 Å². The zero-order valence-corrected chi connectivity index (χ0v) is 18.1. The number of aromatic nitrogens is 2. The number of hydrogen-bond acceptors (Lipinski definition) is 4. The zero-order chi connectivity index (χ0) is 21.5. The summed E-state index contributed by atoms with van der Waals surface area (Å²) in [6.45, 7) is 4.47. The first-order valence-electron chi connectivity index (χ1n) is 10.2. The van der Waals surface area contributed by atoms with E-state index in [2.05, 4.69) is 10.3 Å². The number of imidazole rings is 1. The number of amides is 2. The van der Waals surface area contributed by atoms with E-state index in [1.54, 1.807) is 16.2 Å². The van der Waals surface area contributed by atoms with Crippen LogP contribution < -0.4 is 10.2 Å². The number of benzene rings is 2. The van der Waals surface area contributed by atoms with Gasteiger partial charge in [-0.1, -0.05) is 18.2 Å². The lowest BCUT2D eigenvalue weighted by atomic mass is 10.1. The second-order valence-corrected chi connectivity index (χ2v) is 8.83. The molecule has 6 nitrogen and oxygen atoms in total. The Balaban J connectivity index is 1.26. The minimum atomic E-state index is -0.367. The number of nitrogens with one attached hydrogen (secondary N) is 1. The largest absolute Gasteiger partial charge is 0.326 e. The van der Waals surface area contributed by atoms with E-state index in [1.807, 2.05) is 78.5 Å². The van der Waals surface area contributed by atoms with Crippen molar-refractivity contribution in [2.24, 2.45) is 5.92 Å². The van der Waals surface area contributed by atoms with Crippen molar-refractivity contribution >= 4 is 39.5 Å². The highest BCUT2D eigenvalue weighted by Crippen LogP contribution is 2.28. The molecule has 5 rings (SSSR count). The lowest BCUT2D eigenvalue weighted by molar-refractivity contribution is -0.122. The highest BCUT2D eigenvalue weighted by atomic mass is 32.1. The van der Waals surface area contributed by atoms with E-state index in [0.29, 0.717) is 12.2 Å². The molecule has 2 aromatic carbocycles. The lowest BCUT2D eigenvalue weighted by Crippen LogP contribution is -2.28. The fourth-order valence-corrected chi connectivity index (χ4v) is 4.56. The van der Waals surface area contributed by atoms with Gasteiger partial charge in [0.2, 0.25) is 11.8 Å². The summed E-state index contributed by atoms with van der Waals surface area (Å²) in [6, 6.07) is 13.6. The summed E-state index contributed by atoms with van der Waals surface area (Å²) < 4.78 is 1.99. The van der Waals surface area contributed by atoms with Gasteiger partial charge in [0.25, 0.3) is 0 Å². The molecule has 1 unspecified atom stereocenters. The summed E-state index contributed by atoms with van der Waals surface area (Å²) in [4.78, 5) is 32.6. The van der Waals surface area contributed by atoms with Gasteiger partial charge in [0.1, 0.15) is 0 Å². The Morgan fingerprint density at radius 3 is 2.68 bits per heavy atom. The molecule has 0 spiro atoms. The Morgan fingerprint density at radius 2 is 1.94 bits per heavy atom. The molecule has 4 aromatic rings. The van der Waals surface area contributed by atoms with E-state index < -0.39 is 0 Å². The van der Waals surface area contributed by atoms with Crippen LogP contribution in [0.25, 0.3) is 16.2 Å². The van der Waals surface area contributed by atoms with Gasteiger partial charge in [-0.3, -0.25) is 14.0 Å². The van der Waals surface area contributed by atoms with Crippen molar-refractivity contribution in [1.29, 1.82) is 0 Å². The number of thiazole rings is 1. The third-order valence-electron chi connectivity index (χ3n) is 5.84. The topological polar surface area (TPSA) is 66.7 Å². The van der Waals surface area contributed by atoms with Crippen LogP contribution in [0.5, 0.6) is 0 Å². The number of fused-ring (bicyclic) bond motifs is 1. The lowest BCUT2D eigenvalue weighted by Gasteiger charge is -2.18. The third-order valence-corrected chi connectivity index (χ3v) is 6.61. The number of aryl methyl sites for hydroxylation is 2. The van der Waals surface area contributed by atoms with Gasteiger partial charge in [0.15, 0.2) is 4.96 Å². The third kappa shape index (κ3) is 3.72. The van der Waals surface area contributed by atoms with Gasteiger partial charge in [0, 0.05) is 47.7 Å². The van der Waals surface area contributed by atoms with Crippen molar-refractivity contribution in [2.75, 3.05) is 16.8 Å². The zero-order valence-electron chi connectivity index (χ0n) is 17.3. The maximum Gasteiger partial charge on any atom is 0.229 e. The van der Waals surface area contributed by atoms with E-state index in [-0.39, 0.29) is 24.2 Å². The molecule has 1 saturated heterocycles. The summed E-state index contributed by atoms with van der Waals surface area (Å²) in [5.74, 6) is -0.512. The molecule has 156 valence electrons. The van der Waals surface area contributed by atoms with Crippen LogP contribution in [-0.4, -0.2) is 27.7 Å². The SMILES string of the molecule is Cc1ccc(N2CC(C(=O)Nc3ccc(-c4cn5ccsc5n4)cc3)CC2=O)cc1C. The summed E-state index contributed by atoms with van der Waals surface area (Å²) in [5, 5.41) is 4.96. The number of carbonyl (C=O) groups excluding carboxylic acids is 2. The Hall–Kier alpha value is -3.45. The molecule has 2 amide bonds. The van der Waals surface area contributed by atoms with E-state index >= 15 is 0 Å². The number of anilines is 2. The van der Waals surface area contributed by atoms with Gasteiger partial charge in [-0.2, -0.15) is 0 Å². The molecule has 0 radical (unpaired) electrons. The first-order valence-corrected chi connectivity index (χ1v) is 11.1. The monoisotopic (exact) mass is 430 g/mol. The first kappa shape index (κ1) is 19.5. The Morgan fingerprint density at radius 1 is 1.13 bits per heavy atom. The molecule has 1 atom stereocenters. The van der Waals surface area contributed by atoms with Gasteiger partial charge < -0.3 is 10.2 Å². The Bertz CT molecular complexity index is 1260. The molecule has 7 heteroatoms. The molecule has 1 fully saturated rings. The molecule has 1 aliphatic rings. The minimum Gasteiger partial charge on any atom is -0.326 e. The van der Waals surface area contributed by atoms with Crippen molar-refractivity contribution in [3.05, 3.63) is 71.4 Å². The average Bonchev–Trinajstić information content (AvgIpc) is 3.45. The summed E-state index contributed by atoms with van der Waals surface area (Å²) in [6.07, 6.45) is 4.20. The van der Waals surface area contributed by atoms with Gasteiger partial charge >= 0.3 is 0 Å². The summed E-state index contributed by atoms with van der Waals surface area (Å²) in [5.41, 5.74) is 5.78. The standard InChI is InChI=1S/C24H22N4O2S/c1-15-3-8-20(11-16(15)2)28-13-18(12-22(28)29)23(30)25-19-6-4-17(5-7-19)21-14-27-9-10-31-24(27)26-21/h3-11,14,18H,12-13H2,1-2H3,(H,25,30). The fourth-order valence-electron chi connectivity index (χ4n) is 3.86. The normalized spacial score (nSPS) is 16.3. The van der Waals surface area contributed by atoms with E-state index in [1.165, 1.54) is 5.56 Å². The summed E-state index contributed by atoms with van der Waals surface area (Å²) >= 11 is 1.59. The molecule has 1 aliphatic heterocycles. The van der Waals surface area contributed by atoms with Crippen LogP contribution in [0.2, 0.25) is 0 Å². The molecular formula is C24H22N4O2S. The van der Waals surface area contributed by atoms with Crippen molar-refractivity contribution in [3.63, 3.8) is 0 Å². The maximum atomic E-state index is 12.8. The van der Waals surface area contributed by atoms with Crippen LogP contribution in [0.3, 0.4) is 0 Å². The van der Waals surface area contributed by atoms with E-state index in [9.17, 15) is 9.59 Å². The summed E-state index contributed by atoms with van der Waals surface area (Å²) in [7, 11) is 0. The number of carbonyl (C=O) groups is 2. The molecule has 2 aromatic heterocycles. The molecule has 1 N–H and O–H groups in total. The second kappa shape index (κ2) is 7.67. The van der Waals surface area contributed by atoms with E-state index in [0.717, 1.165) is 27.5 Å². The molecule has 0 aliphatic carbocycles. The quantitative estimate of drug-likeness (QED) is 0.512. The van der Waals surface area contributed by atoms with Crippen LogP contribution in [0.4, 0.5) is 11.4 Å². The fraction of sp³-hybridized carbons (Fsp3) is 0.208. The number of rotatable bonds is 4. The predicted octanol–water partition coefficient (Wildman–Crippen LogP) is 4.67. The maximum absolute atomic E-state index is 12.8. The van der Waals surface area contributed by atoms with Crippen molar-refractivity contribution < 1.29 is 9.59 Å². The first-order chi connectivity index (χ1) is 15.0.